The second-order valence-electron chi connectivity index (χ2n) is 4.63. The Morgan fingerprint density at radius 3 is 2.68 bits per heavy atom. The minimum absolute atomic E-state index is 0.0880. The van der Waals surface area contributed by atoms with Gasteiger partial charge in [-0.15, -0.1) is 0 Å². The number of carboxylic acid groups (broad SMARTS) is 1. The number of nitro groups is 1. The highest BCUT2D eigenvalue weighted by atomic mass is 79.9. The van der Waals surface area contributed by atoms with Gasteiger partial charge in [0.05, 0.1) is 16.9 Å². The van der Waals surface area contributed by atoms with Crippen LogP contribution in [0.15, 0.2) is 22.7 Å². The predicted octanol–water partition coefficient (Wildman–Crippen LogP) is 3.24. The Labute approximate surface area is 118 Å². The topological polar surface area (TPSA) is 89.7 Å². The first kappa shape index (κ1) is 15.4. The summed E-state index contributed by atoms with van der Waals surface area (Å²) in [5.41, 5.74) is -0.984. The molecular weight excluding hydrogens is 318 g/mol. The molecule has 0 aliphatic rings. The molecule has 0 unspecified atom stereocenters. The number of halogens is 1. The fourth-order valence-corrected chi connectivity index (χ4v) is 1.80. The highest BCUT2D eigenvalue weighted by molar-refractivity contribution is 9.10. The molecule has 0 heterocycles. The van der Waals surface area contributed by atoms with Gasteiger partial charge in [0.15, 0.2) is 0 Å². The molecule has 0 saturated carbocycles. The monoisotopic (exact) mass is 331 g/mol. The maximum absolute atomic E-state index is 10.9. The van der Waals surface area contributed by atoms with Gasteiger partial charge in [-0.05, 0) is 42.3 Å². The summed E-state index contributed by atoms with van der Waals surface area (Å²) in [6.45, 7) is 3.36. The SMILES string of the molecule is CC(C)(CCOc1cccc([N+](=O)[O-])c1Br)C(=O)O. The maximum atomic E-state index is 10.9. The third kappa shape index (κ3) is 3.92. The first-order valence-corrected chi connectivity index (χ1v) is 6.34. The van der Waals surface area contributed by atoms with E-state index in [9.17, 15) is 14.9 Å². The van der Waals surface area contributed by atoms with Crippen LogP contribution >= 0.6 is 15.9 Å². The number of ether oxygens (including phenoxy) is 1. The van der Waals surface area contributed by atoms with Crippen molar-refractivity contribution in [3.05, 3.63) is 32.8 Å². The van der Waals surface area contributed by atoms with Gasteiger partial charge in [-0.25, -0.2) is 0 Å². The summed E-state index contributed by atoms with van der Waals surface area (Å²) < 4.78 is 5.66. The first-order valence-electron chi connectivity index (χ1n) is 5.55. The zero-order chi connectivity index (χ0) is 14.6. The van der Waals surface area contributed by atoms with Crippen LogP contribution in [0.3, 0.4) is 0 Å². The van der Waals surface area contributed by atoms with Crippen LogP contribution in [0, 0.1) is 15.5 Å². The van der Waals surface area contributed by atoms with Crippen molar-refractivity contribution in [2.45, 2.75) is 20.3 Å². The van der Waals surface area contributed by atoms with Gasteiger partial charge in [0.2, 0.25) is 0 Å². The van der Waals surface area contributed by atoms with Crippen molar-refractivity contribution in [3.63, 3.8) is 0 Å². The number of aliphatic carboxylic acids is 1. The zero-order valence-electron chi connectivity index (χ0n) is 10.6. The fourth-order valence-electron chi connectivity index (χ4n) is 1.27. The summed E-state index contributed by atoms with van der Waals surface area (Å²) in [6.07, 6.45) is 0.303. The average Bonchev–Trinajstić information content (AvgIpc) is 2.30. The largest absolute Gasteiger partial charge is 0.492 e. The van der Waals surface area contributed by atoms with Crippen molar-refractivity contribution >= 4 is 27.6 Å². The summed E-state index contributed by atoms with van der Waals surface area (Å²) >= 11 is 3.11. The molecule has 0 bridgehead atoms. The summed E-state index contributed by atoms with van der Waals surface area (Å²) in [4.78, 5) is 21.1. The van der Waals surface area contributed by atoms with Crippen molar-refractivity contribution in [2.24, 2.45) is 5.41 Å². The lowest BCUT2D eigenvalue weighted by atomic mass is 9.90. The van der Waals surface area contributed by atoms with Crippen LogP contribution in [0.5, 0.6) is 5.75 Å². The Morgan fingerprint density at radius 2 is 2.16 bits per heavy atom. The van der Waals surface area contributed by atoms with Crippen LogP contribution in [0.4, 0.5) is 5.69 Å². The van der Waals surface area contributed by atoms with Gasteiger partial charge in [-0.2, -0.15) is 0 Å². The van der Waals surface area contributed by atoms with Gasteiger partial charge < -0.3 is 9.84 Å². The van der Waals surface area contributed by atoms with Crippen LogP contribution in [-0.2, 0) is 4.79 Å². The Morgan fingerprint density at radius 1 is 1.53 bits per heavy atom. The lowest BCUT2D eigenvalue weighted by molar-refractivity contribution is -0.385. The molecule has 0 spiro atoms. The lowest BCUT2D eigenvalue weighted by Gasteiger charge is -2.19. The van der Waals surface area contributed by atoms with Gasteiger partial charge in [-0.3, -0.25) is 14.9 Å². The highest BCUT2D eigenvalue weighted by Gasteiger charge is 2.27. The fraction of sp³-hybridized carbons (Fsp3) is 0.417. The predicted molar refractivity (Wildman–Crippen MR) is 72.3 cm³/mol. The van der Waals surface area contributed by atoms with Crippen LogP contribution in [0.1, 0.15) is 20.3 Å². The number of nitrogens with zero attached hydrogens (tertiary/aromatic N) is 1. The van der Waals surface area contributed by atoms with Gasteiger partial charge in [0, 0.05) is 6.07 Å². The lowest BCUT2D eigenvalue weighted by Crippen LogP contribution is -2.25. The van der Waals surface area contributed by atoms with E-state index in [1.54, 1.807) is 19.9 Å². The average molecular weight is 332 g/mol. The van der Waals surface area contributed by atoms with Crippen molar-refractivity contribution in [1.29, 1.82) is 0 Å². The smallest absolute Gasteiger partial charge is 0.309 e. The van der Waals surface area contributed by atoms with Crippen LogP contribution in [0.2, 0.25) is 0 Å². The molecular formula is C12H14BrNO5. The minimum Gasteiger partial charge on any atom is -0.492 e. The summed E-state index contributed by atoms with van der Waals surface area (Å²) in [5, 5.41) is 19.7. The second-order valence-corrected chi connectivity index (χ2v) is 5.43. The maximum Gasteiger partial charge on any atom is 0.309 e. The molecule has 6 nitrogen and oxygen atoms in total. The molecule has 0 amide bonds. The Balaban J connectivity index is 2.72. The van der Waals surface area contributed by atoms with E-state index in [1.165, 1.54) is 12.1 Å². The van der Waals surface area contributed by atoms with Gasteiger partial charge in [0.25, 0.3) is 5.69 Å². The number of nitro benzene ring substituents is 1. The minimum atomic E-state index is -0.908. The number of hydrogen-bond donors (Lipinski definition) is 1. The molecule has 19 heavy (non-hydrogen) atoms. The normalized spacial score (nSPS) is 11.1. The van der Waals surface area contributed by atoms with Gasteiger partial charge in [0.1, 0.15) is 10.2 Å². The molecule has 0 aliphatic carbocycles. The number of rotatable bonds is 6. The van der Waals surface area contributed by atoms with Gasteiger partial charge in [-0.1, -0.05) is 6.07 Å². The van der Waals surface area contributed by atoms with E-state index in [1.807, 2.05) is 0 Å². The van der Waals surface area contributed by atoms with E-state index in [-0.39, 0.29) is 16.8 Å². The van der Waals surface area contributed by atoms with E-state index in [2.05, 4.69) is 15.9 Å². The van der Waals surface area contributed by atoms with E-state index in [0.29, 0.717) is 12.2 Å². The highest BCUT2D eigenvalue weighted by Crippen LogP contribution is 2.34. The van der Waals surface area contributed by atoms with E-state index in [0.717, 1.165) is 0 Å². The van der Waals surface area contributed by atoms with Crippen LogP contribution in [0.25, 0.3) is 0 Å². The zero-order valence-corrected chi connectivity index (χ0v) is 12.1. The Hall–Kier alpha value is -1.63. The van der Waals surface area contributed by atoms with Crippen LogP contribution in [-0.4, -0.2) is 22.6 Å². The van der Waals surface area contributed by atoms with Gasteiger partial charge >= 0.3 is 5.97 Å². The molecule has 0 saturated heterocycles. The molecule has 1 rings (SSSR count). The molecule has 0 radical (unpaired) electrons. The first-order chi connectivity index (χ1) is 8.75. The van der Waals surface area contributed by atoms with Crippen molar-refractivity contribution < 1.29 is 19.6 Å². The third-order valence-electron chi connectivity index (χ3n) is 2.70. The molecule has 0 atom stereocenters. The number of hydrogen-bond acceptors (Lipinski definition) is 4. The summed E-state index contributed by atoms with van der Waals surface area (Å²) in [6, 6.07) is 4.46. The molecule has 1 aromatic rings. The number of benzene rings is 1. The molecule has 1 aromatic carbocycles. The molecule has 7 heteroatoms. The van der Waals surface area contributed by atoms with Crippen LogP contribution < -0.4 is 4.74 Å². The van der Waals surface area contributed by atoms with Crippen molar-refractivity contribution in [2.75, 3.05) is 6.61 Å². The third-order valence-corrected chi connectivity index (χ3v) is 3.50. The second kappa shape index (κ2) is 6.01. The standard InChI is InChI=1S/C12H14BrNO5/c1-12(2,11(15)16)6-7-19-9-5-3-4-8(10(9)13)14(17)18/h3-5H,6-7H2,1-2H3,(H,15,16). The Bertz CT molecular complexity index is 501. The molecule has 104 valence electrons. The molecule has 1 N–H and O–H groups in total. The number of carboxylic acids is 1. The van der Waals surface area contributed by atoms with Crippen molar-refractivity contribution in [1.82, 2.24) is 0 Å². The molecule has 0 aliphatic heterocycles. The molecule has 0 aromatic heterocycles. The molecule has 0 fully saturated rings. The Kier molecular flexibility index (Phi) is 4.88. The van der Waals surface area contributed by atoms with E-state index < -0.39 is 16.3 Å². The number of carbonyl (C=O) groups is 1. The quantitative estimate of drug-likeness (QED) is 0.638. The van der Waals surface area contributed by atoms with Crippen molar-refractivity contribution in [3.8, 4) is 5.75 Å². The van der Waals surface area contributed by atoms with E-state index >= 15 is 0 Å². The van der Waals surface area contributed by atoms with E-state index in [4.69, 9.17) is 9.84 Å². The summed E-state index contributed by atoms with van der Waals surface area (Å²) in [7, 11) is 0. The summed E-state index contributed by atoms with van der Waals surface area (Å²) in [5.74, 6) is -0.579.